The molecule has 3 nitrogen and oxygen atoms in total. The number of amides is 1. The van der Waals surface area contributed by atoms with Gasteiger partial charge >= 0.3 is 0 Å². The number of carbonyl (C=O) groups excluding carboxylic acids is 1. The Morgan fingerprint density at radius 3 is 2.62 bits per heavy atom. The van der Waals surface area contributed by atoms with Gasteiger partial charge in [0.15, 0.2) is 0 Å². The van der Waals surface area contributed by atoms with Gasteiger partial charge in [0.2, 0.25) is 5.91 Å². The molecule has 0 radical (unpaired) electrons. The fourth-order valence-electron chi connectivity index (χ4n) is 2.80. The van der Waals surface area contributed by atoms with E-state index in [9.17, 15) is 4.79 Å². The monoisotopic (exact) mass is 306 g/mol. The smallest absolute Gasteiger partial charge is 0.233 e. The first-order valence-corrected chi connectivity index (χ1v) is 8.42. The average Bonchev–Trinajstić information content (AvgIpc) is 2.54. The maximum atomic E-state index is 12.1. The highest BCUT2D eigenvalue weighted by molar-refractivity contribution is 7.81. The summed E-state index contributed by atoms with van der Waals surface area (Å²) < 4.78 is 0. The van der Waals surface area contributed by atoms with Gasteiger partial charge in [0, 0.05) is 6.54 Å². The SMILES string of the molecule is CCN1CCC(CNC(=O)C(S)Cc2ccccc2)CC1. The predicted octanol–water partition coefficient (Wildman–Crippen LogP) is 2.38. The Balaban J connectivity index is 1.69. The zero-order chi connectivity index (χ0) is 15.1. The molecule has 2 rings (SSSR count). The summed E-state index contributed by atoms with van der Waals surface area (Å²) in [5.74, 6) is 0.675. The minimum atomic E-state index is -0.261. The number of nitrogens with one attached hydrogen (secondary N) is 1. The summed E-state index contributed by atoms with van der Waals surface area (Å²) in [4.78, 5) is 14.6. The fourth-order valence-corrected chi connectivity index (χ4v) is 3.10. The van der Waals surface area contributed by atoms with E-state index in [1.54, 1.807) is 0 Å². The molecule has 0 bridgehead atoms. The lowest BCUT2D eigenvalue weighted by Crippen LogP contribution is -2.40. The van der Waals surface area contributed by atoms with Crippen molar-refractivity contribution < 1.29 is 4.79 Å². The molecule has 0 aromatic heterocycles. The van der Waals surface area contributed by atoms with Crippen LogP contribution in [0.15, 0.2) is 30.3 Å². The second-order valence-electron chi connectivity index (χ2n) is 5.83. The number of hydrogen-bond donors (Lipinski definition) is 2. The summed E-state index contributed by atoms with van der Waals surface area (Å²) in [6, 6.07) is 10.1. The van der Waals surface area contributed by atoms with E-state index in [0.29, 0.717) is 12.3 Å². The highest BCUT2D eigenvalue weighted by atomic mass is 32.1. The van der Waals surface area contributed by atoms with Crippen molar-refractivity contribution in [3.05, 3.63) is 35.9 Å². The Hall–Kier alpha value is -1.00. The van der Waals surface area contributed by atoms with E-state index in [0.717, 1.165) is 31.7 Å². The second kappa shape index (κ2) is 8.44. The Labute approximate surface area is 133 Å². The molecule has 1 heterocycles. The van der Waals surface area contributed by atoms with Crippen molar-refractivity contribution >= 4 is 18.5 Å². The van der Waals surface area contributed by atoms with Gasteiger partial charge in [-0.05, 0) is 50.4 Å². The van der Waals surface area contributed by atoms with E-state index in [1.165, 1.54) is 12.8 Å². The van der Waals surface area contributed by atoms with Gasteiger partial charge in [-0.1, -0.05) is 37.3 Å². The quantitative estimate of drug-likeness (QED) is 0.791. The summed E-state index contributed by atoms with van der Waals surface area (Å²) in [5, 5.41) is 2.81. The Morgan fingerprint density at radius 1 is 1.33 bits per heavy atom. The lowest BCUT2D eigenvalue weighted by Gasteiger charge is -2.31. The van der Waals surface area contributed by atoms with Crippen molar-refractivity contribution in [2.45, 2.75) is 31.4 Å². The van der Waals surface area contributed by atoms with Crippen LogP contribution >= 0.6 is 12.6 Å². The van der Waals surface area contributed by atoms with E-state index < -0.39 is 0 Å². The number of piperidine rings is 1. The molecule has 1 aromatic rings. The van der Waals surface area contributed by atoms with E-state index in [-0.39, 0.29) is 11.2 Å². The van der Waals surface area contributed by atoms with Crippen LogP contribution in [0, 0.1) is 5.92 Å². The van der Waals surface area contributed by atoms with Gasteiger partial charge in [-0.3, -0.25) is 4.79 Å². The van der Waals surface area contributed by atoms with Gasteiger partial charge in [0.1, 0.15) is 0 Å². The van der Waals surface area contributed by atoms with Gasteiger partial charge in [0.05, 0.1) is 5.25 Å². The molecule has 1 aliphatic rings. The van der Waals surface area contributed by atoms with Crippen molar-refractivity contribution in [2.24, 2.45) is 5.92 Å². The molecule has 1 fully saturated rings. The molecule has 1 unspecified atom stereocenters. The van der Waals surface area contributed by atoms with Crippen LogP contribution in [0.3, 0.4) is 0 Å². The number of hydrogen-bond acceptors (Lipinski definition) is 3. The normalized spacial score (nSPS) is 18.4. The van der Waals surface area contributed by atoms with Crippen LogP contribution in [0.1, 0.15) is 25.3 Å². The van der Waals surface area contributed by atoms with E-state index in [4.69, 9.17) is 0 Å². The lowest BCUT2D eigenvalue weighted by atomic mass is 9.97. The molecule has 1 amide bonds. The van der Waals surface area contributed by atoms with Gasteiger partial charge in [-0.2, -0.15) is 12.6 Å². The number of benzene rings is 1. The minimum Gasteiger partial charge on any atom is -0.355 e. The van der Waals surface area contributed by atoms with Crippen molar-refractivity contribution in [1.82, 2.24) is 10.2 Å². The summed E-state index contributed by atoms with van der Waals surface area (Å²) in [6.45, 7) is 6.45. The van der Waals surface area contributed by atoms with E-state index in [1.807, 2.05) is 30.3 Å². The summed E-state index contributed by atoms with van der Waals surface area (Å²) in [6.07, 6.45) is 3.05. The average molecular weight is 306 g/mol. The minimum absolute atomic E-state index is 0.0557. The van der Waals surface area contributed by atoms with Crippen molar-refractivity contribution in [2.75, 3.05) is 26.2 Å². The summed E-state index contributed by atoms with van der Waals surface area (Å²) in [7, 11) is 0. The van der Waals surface area contributed by atoms with Crippen LogP contribution in [-0.2, 0) is 11.2 Å². The van der Waals surface area contributed by atoms with E-state index in [2.05, 4.69) is 29.8 Å². The fraction of sp³-hybridized carbons (Fsp3) is 0.588. The predicted molar refractivity (Wildman–Crippen MR) is 90.8 cm³/mol. The molecular formula is C17H26N2OS. The molecule has 21 heavy (non-hydrogen) atoms. The molecule has 1 aliphatic heterocycles. The van der Waals surface area contributed by atoms with Crippen molar-refractivity contribution in [3.63, 3.8) is 0 Å². The topological polar surface area (TPSA) is 32.3 Å². The number of thiol groups is 1. The number of rotatable bonds is 6. The summed E-state index contributed by atoms with van der Waals surface area (Å²) >= 11 is 4.44. The van der Waals surface area contributed by atoms with Gasteiger partial charge in [-0.15, -0.1) is 0 Å². The Morgan fingerprint density at radius 2 is 2.00 bits per heavy atom. The van der Waals surface area contributed by atoms with Crippen LogP contribution in [0.5, 0.6) is 0 Å². The van der Waals surface area contributed by atoms with Crippen molar-refractivity contribution in [3.8, 4) is 0 Å². The zero-order valence-electron chi connectivity index (χ0n) is 12.8. The zero-order valence-corrected chi connectivity index (χ0v) is 13.7. The van der Waals surface area contributed by atoms with Crippen LogP contribution in [0.4, 0.5) is 0 Å². The first-order chi connectivity index (χ1) is 10.2. The third-order valence-corrected chi connectivity index (χ3v) is 4.71. The molecular weight excluding hydrogens is 280 g/mol. The van der Waals surface area contributed by atoms with Gasteiger partial charge < -0.3 is 10.2 Å². The summed E-state index contributed by atoms with van der Waals surface area (Å²) in [5.41, 5.74) is 1.16. The third-order valence-electron chi connectivity index (χ3n) is 4.29. The lowest BCUT2D eigenvalue weighted by molar-refractivity contribution is -0.120. The molecule has 4 heteroatoms. The molecule has 116 valence electrons. The van der Waals surface area contributed by atoms with E-state index >= 15 is 0 Å². The highest BCUT2D eigenvalue weighted by Gasteiger charge is 2.20. The molecule has 0 saturated carbocycles. The molecule has 1 aromatic carbocycles. The molecule has 1 saturated heterocycles. The maximum Gasteiger partial charge on any atom is 0.233 e. The largest absolute Gasteiger partial charge is 0.355 e. The number of carbonyl (C=O) groups is 1. The van der Waals surface area contributed by atoms with Crippen molar-refractivity contribution in [1.29, 1.82) is 0 Å². The first kappa shape index (κ1) is 16.4. The van der Waals surface area contributed by atoms with Crippen LogP contribution < -0.4 is 5.32 Å². The highest BCUT2D eigenvalue weighted by Crippen LogP contribution is 2.16. The standard InChI is InChI=1S/C17H26N2OS/c1-2-19-10-8-15(9-11-19)13-18-17(20)16(21)12-14-6-4-3-5-7-14/h3-7,15-16,21H,2,8-13H2,1H3,(H,18,20). The molecule has 1 N–H and O–H groups in total. The van der Waals surface area contributed by atoms with Crippen LogP contribution in [0.25, 0.3) is 0 Å². The second-order valence-corrected chi connectivity index (χ2v) is 6.45. The van der Waals surface area contributed by atoms with Gasteiger partial charge in [0.25, 0.3) is 0 Å². The third kappa shape index (κ3) is 5.36. The molecule has 1 atom stereocenters. The number of likely N-dealkylation sites (tertiary alicyclic amines) is 1. The molecule has 0 spiro atoms. The maximum absolute atomic E-state index is 12.1. The van der Waals surface area contributed by atoms with Gasteiger partial charge in [-0.25, -0.2) is 0 Å². The first-order valence-electron chi connectivity index (χ1n) is 7.91. The van der Waals surface area contributed by atoms with Crippen LogP contribution in [-0.4, -0.2) is 42.2 Å². The number of nitrogens with zero attached hydrogens (tertiary/aromatic N) is 1. The Kier molecular flexibility index (Phi) is 6.58. The Bertz CT molecular complexity index is 430. The molecule has 0 aliphatic carbocycles. The van der Waals surface area contributed by atoms with Crippen LogP contribution in [0.2, 0.25) is 0 Å².